The van der Waals surface area contributed by atoms with Crippen molar-refractivity contribution in [1.29, 1.82) is 0 Å². The summed E-state index contributed by atoms with van der Waals surface area (Å²) in [6.07, 6.45) is 2.46. The fourth-order valence-corrected chi connectivity index (χ4v) is 5.26. The average molecular weight is 330 g/mol. The zero-order valence-electron chi connectivity index (χ0n) is 11.9. The highest BCUT2D eigenvalue weighted by molar-refractivity contribution is 7.89. The number of morpholine rings is 1. The van der Waals surface area contributed by atoms with E-state index in [9.17, 15) is 8.42 Å². The Kier molecular flexibility index (Phi) is 3.91. The largest absolute Gasteiger partial charge is 0.378 e. The number of hydrogen-bond acceptors (Lipinski definition) is 6. The second-order valence-corrected chi connectivity index (χ2v) is 7.50. The molecule has 7 nitrogen and oxygen atoms in total. The van der Waals surface area contributed by atoms with Crippen LogP contribution in [0.15, 0.2) is 16.6 Å². The van der Waals surface area contributed by atoms with Gasteiger partial charge in [0.05, 0.1) is 13.2 Å². The van der Waals surface area contributed by atoms with Gasteiger partial charge in [-0.25, -0.2) is 13.4 Å². The number of nitrogens with zero attached hydrogens (tertiary/aromatic N) is 3. The number of hydrogen-bond donors (Lipinski definition) is 1. The van der Waals surface area contributed by atoms with E-state index in [1.807, 2.05) is 12.3 Å². The smallest absolute Gasteiger partial charge is 0.263 e. The van der Waals surface area contributed by atoms with Crippen molar-refractivity contribution in [2.24, 2.45) is 0 Å². The van der Waals surface area contributed by atoms with Gasteiger partial charge in [-0.1, -0.05) is 6.92 Å². The fourth-order valence-electron chi connectivity index (χ4n) is 2.56. The van der Waals surface area contributed by atoms with Crippen molar-refractivity contribution in [2.75, 3.05) is 32.1 Å². The van der Waals surface area contributed by atoms with Crippen molar-refractivity contribution in [1.82, 2.24) is 13.7 Å². The van der Waals surface area contributed by atoms with Crippen LogP contribution in [0.2, 0.25) is 0 Å². The Morgan fingerprint density at radius 3 is 3.10 bits per heavy atom. The number of aromatic nitrogens is 2. The maximum Gasteiger partial charge on any atom is 0.263 e. The Bertz CT molecular complexity index is 737. The number of ether oxygens (including phenoxy) is 1. The van der Waals surface area contributed by atoms with Crippen LogP contribution in [0, 0.1) is 0 Å². The molecule has 1 aliphatic heterocycles. The molecule has 0 amide bonds. The van der Waals surface area contributed by atoms with E-state index in [0.717, 1.165) is 6.42 Å². The number of thiazole rings is 1. The van der Waals surface area contributed by atoms with Crippen LogP contribution in [-0.4, -0.2) is 55.0 Å². The third-order valence-electron chi connectivity index (χ3n) is 3.65. The third-order valence-corrected chi connectivity index (χ3v) is 6.39. The third kappa shape index (κ3) is 2.33. The molecule has 116 valence electrons. The second kappa shape index (κ2) is 5.56. The van der Waals surface area contributed by atoms with Crippen LogP contribution < -0.4 is 5.32 Å². The van der Waals surface area contributed by atoms with Gasteiger partial charge in [-0.3, -0.25) is 4.40 Å². The van der Waals surface area contributed by atoms with Crippen LogP contribution in [0.25, 0.3) is 4.96 Å². The van der Waals surface area contributed by atoms with Crippen LogP contribution in [0.3, 0.4) is 0 Å². The predicted octanol–water partition coefficient (Wildman–Crippen LogP) is 1.24. The molecular formula is C12H18N4O3S2. The van der Waals surface area contributed by atoms with Crippen molar-refractivity contribution in [2.45, 2.75) is 24.4 Å². The van der Waals surface area contributed by atoms with Gasteiger partial charge in [0.2, 0.25) is 0 Å². The lowest BCUT2D eigenvalue weighted by Crippen LogP contribution is -2.48. The van der Waals surface area contributed by atoms with E-state index < -0.39 is 10.0 Å². The maximum atomic E-state index is 13.1. The summed E-state index contributed by atoms with van der Waals surface area (Å²) in [4.78, 5) is 5.00. The summed E-state index contributed by atoms with van der Waals surface area (Å²) in [6.45, 7) is 3.21. The number of anilines is 1. The van der Waals surface area contributed by atoms with Crippen LogP contribution >= 0.6 is 11.3 Å². The van der Waals surface area contributed by atoms with Gasteiger partial charge in [0.25, 0.3) is 10.0 Å². The van der Waals surface area contributed by atoms with Crippen LogP contribution in [0.4, 0.5) is 5.82 Å². The zero-order valence-corrected chi connectivity index (χ0v) is 13.6. The first-order valence-electron chi connectivity index (χ1n) is 6.82. The molecule has 1 saturated heterocycles. The first kappa shape index (κ1) is 14.8. The fraction of sp³-hybridized carbons (Fsp3) is 0.583. The van der Waals surface area contributed by atoms with E-state index in [0.29, 0.717) is 30.5 Å². The summed E-state index contributed by atoms with van der Waals surface area (Å²) in [5, 5.41) is 4.93. The molecule has 0 aromatic carbocycles. The van der Waals surface area contributed by atoms with E-state index in [1.54, 1.807) is 22.0 Å². The Hall–Kier alpha value is -1.16. The highest BCUT2D eigenvalue weighted by Gasteiger charge is 2.37. The monoisotopic (exact) mass is 330 g/mol. The van der Waals surface area contributed by atoms with Gasteiger partial charge in [-0.05, 0) is 6.42 Å². The van der Waals surface area contributed by atoms with Crippen molar-refractivity contribution in [3.63, 3.8) is 0 Å². The molecule has 3 heterocycles. The molecular weight excluding hydrogens is 312 g/mol. The lowest BCUT2D eigenvalue weighted by molar-refractivity contribution is 0.0313. The van der Waals surface area contributed by atoms with Crippen LogP contribution in [-0.2, 0) is 14.8 Å². The lowest BCUT2D eigenvalue weighted by atomic mass is 10.2. The molecule has 1 N–H and O–H groups in total. The number of imidazole rings is 1. The van der Waals surface area contributed by atoms with Crippen LogP contribution in [0.1, 0.15) is 13.3 Å². The number of sulfonamides is 1. The zero-order chi connectivity index (χ0) is 15.0. The maximum absolute atomic E-state index is 13.1. The Labute approximate surface area is 127 Å². The summed E-state index contributed by atoms with van der Waals surface area (Å²) in [6, 6.07) is -0.127. The number of rotatable bonds is 4. The number of nitrogens with one attached hydrogen (secondary N) is 1. The quantitative estimate of drug-likeness (QED) is 0.913. The summed E-state index contributed by atoms with van der Waals surface area (Å²) < 4.78 is 34.7. The minimum Gasteiger partial charge on any atom is -0.378 e. The van der Waals surface area contributed by atoms with Gasteiger partial charge in [0, 0.05) is 31.2 Å². The molecule has 0 spiro atoms. The Morgan fingerprint density at radius 2 is 2.38 bits per heavy atom. The average Bonchev–Trinajstić information content (AvgIpc) is 3.06. The Balaban J connectivity index is 2.12. The van der Waals surface area contributed by atoms with E-state index in [1.165, 1.54) is 11.3 Å². The van der Waals surface area contributed by atoms with Gasteiger partial charge in [-0.2, -0.15) is 4.31 Å². The minimum absolute atomic E-state index is 0.127. The number of fused-ring (bicyclic) bond motifs is 1. The van der Waals surface area contributed by atoms with Gasteiger partial charge in [0.15, 0.2) is 15.8 Å². The molecule has 2 aromatic heterocycles. The minimum atomic E-state index is -3.62. The van der Waals surface area contributed by atoms with E-state index in [2.05, 4.69) is 10.3 Å². The standard InChI is InChI=1S/C12H18N4O3S2/c1-3-9-8-19-6-4-16(9)21(17,18)11-10(13-2)14-12-15(11)5-7-20-12/h5,7,9,13H,3-4,6,8H2,1-2H3. The second-order valence-electron chi connectivity index (χ2n) is 4.82. The highest BCUT2D eigenvalue weighted by Crippen LogP contribution is 2.30. The Morgan fingerprint density at radius 1 is 1.57 bits per heavy atom. The molecule has 1 atom stereocenters. The molecule has 1 unspecified atom stereocenters. The molecule has 2 aromatic rings. The van der Waals surface area contributed by atoms with Crippen molar-refractivity contribution in [3.05, 3.63) is 11.6 Å². The van der Waals surface area contributed by atoms with E-state index in [4.69, 9.17) is 4.74 Å². The molecule has 1 aliphatic rings. The highest BCUT2D eigenvalue weighted by atomic mass is 32.2. The molecule has 1 fully saturated rings. The van der Waals surface area contributed by atoms with Gasteiger partial charge < -0.3 is 10.1 Å². The summed E-state index contributed by atoms with van der Waals surface area (Å²) in [5.74, 6) is 0.392. The van der Waals surface area contributed by atoms with Gasteiger partial charge in [0.1, 0.15) is 0 Å². The van der Waals surface area contributed by atoms with Gasteiger partial charge >= 0.3 is 0 Å². The van der Waals surface area contributed by atoms with E-state index in [-0.39, 0.29) is 11.1 Å². The summed E-state index contributed by atoms with van der Waals surface area (Å²) in [5.41, 5.74) is 0. The normalized spacial score (nSPS) is 21.0. The first-order valence-corrected chi connectivity index (χ1v) is 9.14. The van der Waals surface area contributed by atoms with Crippen molar-refractivity contribution >= 4 is 32.1 Å². The van der Waals surface area contributed by atoms with Gasteiger partial charge in [-0.15, -0.1) is 11.3 Å². The molecule has 0 aliphatic carbocycles. The topological polar surface area (TPSA) is 75.9 Å². The van der Waals surface area contributed by atoms with Crippen molar-refractivity contribution < 1.29 is 13.2 Å². The lowest BCUT2D eigenvalue weighted by Gasteiger charge is -2.33. The summed E-state index contributed by atoms with van der Waals surface area (Å²) in [7, 11) is -1.94. The summed E-state index contributed by atoms with van der Waals surface area (Å²) >= 11 is 1.41. The van der Waals surface area contributed by atoms with Crippen molar-refractivity contribution in [3.8, 4) is 0 Å². The molecule has 0 bridgehead atoms. The van der Waals surface area contributed by atoms with Crippen LogP contribution in [0.5, 0.6) is 0 Å². The molecule has 0 radical (unpaired) electrons. The molecule has 3 rings (SSSR count). The van der Waals surface area contributed by atoms with E-state index >= 15 is 0 Å². The molecule has 0 saturated carbocycles. The molecule has 9 heteroatoms. The predicted molar refractivity (Wildman–Crippen MR) is 81.4 cm³/mol. The SMILES string of the molecule is CCC1COCCN1S(=O)(=O)c1c(NC)nc2sccn12. The first-order chi connectivity index (χ1) is 10.1. The molecule has 21 heavy (non-hydrogen) atoms.